The van der Waals surface area contributed by atoms with E-state index in [0.29, 0.717) is 6.73 Å². The van der Waals surface area contributed by atoms with E-state index < -0.39 is 0 Å². The Morgan fingerprint density at radius 2 is 1.84 bits per heavy atom. The van der Waals surface area contributed by atoms with Crippen LogP contribution in [0, 0.1) is 6.92 Å². The fourth-order valence-corrected chi connectivity index (χ4v) is 3.02. The highest BCUT2D eigenvalue weighted by Crippen LogP contribution is 2.29. The SMILES string of the molecule is Cc1ccccc1SC1=NCOc2ccccc2C1. The Kier molecular flexibility index (Phi) is 3.56. The van der Waals surface area contributed by atoms with Crippen LogP contribution >= 0.6 is 11.8 Å². The fraction of sp³-hybridized carbons (Fsp3) is 0.188. The molecule has 2 nitrogen and oxygen atoms in total. The van der Waals surface area contributed by atoms with Crippen LogP contribution in [0.1, 0.15) is 11.1 Å². The number of fused-ring (bicyclic) bond motifs is 1. The first-order chi connectivity index (χ1) is 9.33. The monoisotopic (exact) mass is 269 g/mol. The fourth-order valence-electron chi connectivity index (χ4n) is 2.05. The zero-order valence-corrected chi connectivity index (χ0v) is 11.6. The zero-order chi connectivity index (χ0) is 13.1. The molecule has 96 valence electrons. The van der Waals surface area contributed by atoms with Gasteiger partial charge in [0.05, 0.1) is 5.04 Å². The molecule has 0 radical (unpaired) electrons. The molecule has 1 aliphatic rings. The Labute approximate surface area is 117 Å². The minimum Gasteiger partial charge on any atom is -0.471 e. The van der Waals surface area contributed by atoms with Crippen LogP contribution in [0.15, 0.2) is 58.4 Å². The third-order valence-corrected chi connectivity index (χ3v) is 4.28. The highest BCUT2D eigenvalue weighted by Gasteiger charge is 2.13. The van der Waals surface area contributed by atoms with Gasteiger partial charge in [-0.25, -0.2) is 4.99 Å². The molecule has 2 aromatic carbocycles. The maximum absolute atomic E-state index is 5.65. The van der Waals surface area contributed by atoms with Crippen LogP contribution < -0.4 is 4.74 Å². The number of hydrogen-bond donors (Lipinski definition) is 0. The summed E-state index contributed by atoms with van der Waals surface area (Å²) in [7, 11) is 0. The summed E-state index contributed by atoms with van der Waals surface area (Å²) in [4.78, 5) is 5.80. The first kappa shape index (κ1) is 12.3. The topological polar surface area (TPSA) is 21.6 Å². The standard InChI is InChI=1S/C16H15NOS/c1-12-6-2-5-9-15(12)19-16-10-13-7-3-4-8-14(13)18-11-17-16/h2-9H,10-11H2,1H3. The summed E-state index contributed by atoms with van der Waals surface area (Å²) in [5, 5.41) is 1.11. The first-order valence-corrected chi connectivity index (χ1v) is 7.12. The lowest BCUT2D eigenvalue weighted by Crippen LogP contribution is -1.98. The summed E-state index contributed by atoms with van der Waals surface area (Å²) in [6.07, 6.45) is 0.842. The number of thioether (sulfide) groups is 1. The molecule has 0 atom stereocenters. The van der Waals surface area contributed by atoms with Crippen LogP contribution in [0.5, 0.6) is 5.75 Å². The third-order valence-electron chi connectivity index (χ3n) is 3.10. The van der Waals surface area contributed by atoms with E-state index in [1.165, 1.54) is 16.0 Å². The van der Waals surface area contributed by atoms with Crippen molar-refractivity contribution in [1.82, 2.24) is 0 Å². The van der Waals surface area contributed by atoms with Crippen LogP contribution in [0.4, 0.5) is 0 Å². The van der Waals surface area contributed by atoms with Crippen molar-refractivity contribution in [3.05, 3.63) is 59.7 Å². The summed E-state index contributed by atoms with van der Waals surface area (Å²) in [6, 6.07) is 16.6. The smallest absolute Gasteiger partial charge is 0.180 e. The van der Waals surface area contributed by atoms with Crippen LogP contribution in [-0.2, 0) is 6.42 Å². The Hall–Kier alpha value is -1.74. The van der Waals surface area contributed by atoms with E-state index in [9.17, 15) is 0 Å². The Bertz CT molecular complexity index is 622. The second kappa shape index (κ2) is 5.49. The van der Waals surface area contributed by atoms with E-state index in [2.05, 4.69) is 42.2 Å². The molecule has 3 rings (SSSR count). The Morgan fingerprint density at radius 1 is 1.05 bits per heavy atom. The van der Waals surface area contributed by atoms with Crippen molar-refractivity contribution >= 4 is 16.8 Å². The number of nitrogens with zero attached hydrogens (tertiary/aromatic N) is 1. The molecule has 0 unspecified atom stereocenters. The van der Waals surface area contributed by atoms with Crippen molar-refractivity contribution in [2.75, 3.05) is 6.73 Å². The lowest BCUT2D eigenvalue weighted by molar-refractivity contribution is 0.332. The number of aliphatic imine (C=N–C) groups is 1. The number of hydrogen-bond acceptors (Lipinski definition) is 3. The van der Waals surface area contributed by atoms with Crippen molar-refractivity contribution in [2.45, 2.75) is 18.2 Å². The molecular weight excluding hydrogens is 254 g/mol. The molecule has 1 heterocycles. The van der Waals surface area contributed by atoms with E-state index in [-0.39, 0.29) is 0 Å². The number of ether oxygens (including phenoxy) is 1. The highest BCUT2D eigenvalue weighted by molar-refractivity contribution is 8.14. The van der Waals surface area contributed by atoms with Crippen LogP contribution in [-0.4, -0.2) is 11.8 Å². The minimum absolute atomic E-state index is 0.408. The Balaban J connectivity index is 1.83. The molecule has 0 saturated heterocycles. The van der Waals surface area contributed by atoms with Gasteiger partial charge in [-0.15, -0.1) is 0 Å². The molecule has 0 saturated carbocycles. The van der Waals surface area contributed by atoms with E-state index in [1.807, 2.05) is 18.2 Å². The third kappa shape index (κ3) is 2.82. The summed E-state index contributed by atoms with van der Waals surface area (Å²) in [5.41, 5.74) is 2.49. The van der Waals surface area contributed by atoms with E-state index in [0.717, 1.165) is 17.2 Å². The second-order valence-electron chi connectivity index (χ2n) is 4.48. The normalized spacial score (nSPS) is 14.1. The van der Waals surface area contributed by atoms with Gasteiger partial charge in [-0.3, -0.25) is 0 Å². The average Bonchev–Trinajstić information content (AvgIpc) is 2.63. The van der Waals surface area contributed by atoms with Gasteiger partial charge in [-0.1, -0.05) is 48.2 Å². The van der Waals surface area contributed by atoms with Gasteiger partial charge in [0.1, 0.15) is 5.75 Å². The predicted octanol–water partition coefficient (Wildman–Crippen LogP) is 4.08. The number of benzene rings is 2. The molecule has 0 fully saturated rings. The maximum Gasteiger partial charge on any atom is 0.180 e. The van der Waals surface area contributed by atoms with Gasteiger partial charge in [0.25, 0.3) is 0 Å². The van der Waals surface area contributed by atoms with Crippen LogP contribution in [0.2, 0.25) is 0 Å². The molecule has 0 spiro atoms. The summed E-state index contributed by atoms with van der Waals surface area (Å²) in [5.74, 6) is 0.951. The van der Waals surface area contributed by atoms with Gasteiger partial charge < -0.3 is 4.74 Å². The summed E-state index contributed by atoms with van der Waals surface area (Å²) < 4.78 is 5.65. The Morgan fingerprint density at radius 3 is 2.74 bits per heavy atom. The molecule has 2 aromatic rings. The molecular formula is C16H15NOS. The van der Waals surface area contributed by atoms with Crippen LogP contribution in [0.25, 0.3) is 0 Å². The zero-order valence-electron chi connectivity index (χ0n) is 10.8. The van der Waals surface area contributed by atoms with Gasteiger partial charge in [-0.05, 0) is 24.6 Å². The van der Waals surface area contributed by atoms with E-state index in [4.69, 9.17) is 4.74 Å². The molecule has 1 aliphatic heterocycles. The average molecular weight is 269 g/mol. The van der Waals surface area contributed by atoms with Gasteiger partial charge in [-0.2, -0.15) is 0 Å². The van der Waals surface area contributed by atoms with Crippen molar-refractivity contribution in [2.24, 2.45) is 4.99 Å². The number of para-hydroxylation sites is 1. The molecule has 3 heteroatoms. The highest BCUT2D eigenvalue weighted by atomic mass is 32.2. The number of rotatable bonds is 1. The maximum atomic E-state index is 5.65. The van der Waals surface area contributed by atoms with Gasteiger partial charge in [0.2, 0.25) is 0 Å². The predicted molar refractivity (Wildman–Crippen MR) is 80.1 cm³/mol. The molecule has 19 heavy (non-hydrogen) atoms. The molecule has 0 N–H and O–H groups in total. The number of aryl methyl sites for hydroxylation is 1. The molecule has 0 bridgehead atoms. The second-order valence-corrected chi connectivity index (χ2v) is 5.59. The van der Waals surface area contributed by atoms with Gasteiger partial charge in [0.15, 0.2) is 6.73 Å². The van der Waals surface area contributed by atoms with Gasteiger partial charge in [0, 0.05) is 16.9 Å². The molecule has 0 aromatic heterocycles. The van der Waals surface area contributed by atoms with E-state index in [1.54, 1.807) is 11.8 Å². The lowest BCUT2D eigenvalue weighted by atomic mass is 10.1. The molecule has 0 amide bonds. The van der Waals surface area contributed by atoms with Crippen molar-refractivity contribution in [3.63, 3.8) is 0 Å². The van der Waals surface area contributed by atoms with Crippen molar-refractivity contribution in [1.29, 1.82) is 0 Å². The van der Waals surface area contributed by atoms with E-state index >= 15 is 0 Å². The quantitative estimate of drug-likeness (QED) is 0.778. The molecule has 0 aliphatic carbocycles. The lowest BCUT2D eigenvalue weighted by Gasteiger charge is -2.07. The van der Waals surface area contributed by atoms with Crippen molar-refractivity contribution in [3.8, 4) is 5.75 Å². The largest absolute Gasteiger partial charge is 0.471 e. The van der Waals surface area contributed by atoms with Crippen LogP contribution in [0.3, 0.4) is 0 Å². The minimum atomic E-state index is 0.408. The first-order valence-electron chi connectivity index (χ1n) is 6.30. The van der Waals surface area contributed by atoms with Crippen molar-refractivity contribution < 1.29 is 4.74 Å². The van der Waals surface area contributed by atoms with Gasteiger partial charge >= 0.3 is 0 Å². The summed E-state index contributed by atoms with van der Waals surface area (Å²) >= 11 is 1.74. The summed E-state index contributed by atoms with van der Waals surface area (Å²) in [6.45, 7) is 2.54.